The second-order valence-electron chi connectivity index (χ2n) is 6.92. The molecule has 0 aliphatic rings. The lowest BCUT2D eigenvalue weighted by Gasteiger charge is -2.16. The minimum atomic E-state index is -0.583. The Morgan fingerprint density at radius 2 is 1.50 bits per heavy atom. The zero-order chi connectivity index (χ0) is 24.8. The molecule has 178 valence electrons. The van der Waals surface area contributed by atoms with Crippen molar-refractivity contribution in [2.75, 3.05) is 39.1 Å². The molecule has 0 saturated heterocycles. The standard InChI is InChI=1S/C24H24N2O6S2/c1-13-19(14-9-7-6-8-10-14)20(23(28)32-5)21(34-13)26-24(33)25-16-12-18(30-3)17(29-2)11-15(16)22(27)31-4/h6-12H,1-5H3,(H2,25,26,33). The summed E-state index contributed by atoms with van der Waals surface area (Å²) in [4.78, 5) is 26.0. The summed E-state index contributed by atoms with van der Waals surface area (Å²) in [5, 5.41) is 6.73. The van der Waals surface area contributed by atoms with Crippen molar-refractivity contribution < 1.29 is 28.5 Å². The van der Waals surface area contributed by atoms with Gasteiger partial charge in [-0.2, -0.15) is 0 Å². The molecule has 0 radical (unpaired) electrons. The maximum Gasteiger partial charge on any atom is 0.341 e. The number of ether oxygens (including phenoxy) is 4. The third kappa shape index (κ3) is 5.13. The van der Waals surface area contributed by atoms with Gasteiger partial charge in [-0.3, -0.25) is 0 Å². The summed E-state index contributed by atoms with van der Waals surface area (Å²) < 4.78 is 20.5. The largest absolute Gasteiger partial charge is 0.493 e. The van der Waals surface area contributed by atoms with Gasteiger partial charge in [-0.25, -0.2) is 9.59 Å². The topological polar surface area (TPSA) is 95.1 Å². The number of thiocarbonyl (C=S) groups is 1. The predicted molar refractivity (Wildman–Crippen MR) is 137 cm³/mol. The molecule has 1 heterocycles. The minimum Gasteiger partial charge on any atom is -0.493 e. The molecule has 0 saturated carbocycles. The average molecular weight is 501 g/mol. The number of anilines is 2. The second kappa shape index (κ2) is 11.0. The summed E-state index contributed by atoms with van der Waals surface area (Å²) >= 11 is 6.87. The molecule has 0 bridgehead atoms. The molecule has 0 aliphatic heterocycles. The van der Waals surface area contributed by atoms with E-state index in [2.05, 4.69) is 10.6 Å². The fraction of sp³-hybridized carbons (Fsp3) is 0.208. The molecule has 34 heavy (non-hydrogen) atoms. The van der Waals surface area contributed by atoms with Crippen LogP contribution in [-0.4, -0.2) is 45.5 Å². The maximum atomic E-state index is 12.7. The smallest absolute Gasteiger partial charge is 0.341 e. The normalized spacial score (nSPS) is 10.3. The lowest BCUT2D eigenvalue weighted by molar-refractivity contribution is 0.0593. The number of nitrogens with one attached hydrogen (secondary N) is 2. The van der Waals surface area contributed by atoms with Crippen LogP contribution in [0.3, 0.4) is 0 Å². The molecule has 0 amide bonds. The maximum absolute atomic E-state index is 12.7. The molecule has 0 spiro atoms. The van der Waals surface area contributed by atoms with Crippen LogP contribution in [0.5, 0.6) is 11.5 Å². The Morgan fingerprint density at radius 3 is 2.09 bits per heavy atom. The summed E-state index contributed by atoms with van der Waals surface area (Å²) in [6, 6.07) is 12.6. The molecule has 0 aliphatic carbocycles. The van der Waals surface area contributed by atoms with Crippen LogP contribution in [0, 0.1) is 6.92 Å². The number of benzene rings is 2. The first-order valence-corrected chi connectivity index (χ1v) is 11.3. The first-order valence-electron chi connectivity index (χ1n) is 10.0. The fourth-order valence-electron chi connectivity index (χ4n) is 3.40. The average Bonchev–Trinajstić information content (AvgIpc) is 3.18. The summed E-state index contributed by atoms with van der Waals surface area (Å²) in [5.74, 6) is -0.314. The quantitative estimate of drug-likeness (QED) is 0.338. The molecule has 0 fully saturated rings. The monoisotopic (exact) mass is 500 g/mol. The molecule has 0 unspecified atom stereocenters. The van der Waals surface area contributed by atoms with Crippen molar-refractivity contribution in [2.45, 2.75) is 6.92 Å². The Bertz CT molecular complexity index is 1220. The van der Waals surface area contributed by atoms with Crippen molar-refractivity contribution in [3.63, 3.8) is 0 Å². The Balaban J connectivity index is 1.98. The SMILES string of the molecule is COC(=O)c1cc(OC)c(OC)cc1NC(=S)Nc1sc(C)c(-c2ccccc2)c1C(=O)OC. The Morgan fingerprint density at radius 1 is 0.882 bits per heavy atom. The van der Waals surface area contributed by atoms with Gasteiger partial charge in [0.1, 0.15) is 10.6 Å². The van der Waals surface area contributed by atoms with Crippen molar-refractivity contribution >= 4 is 51.3 Å². The van der Waals surface area contributed by atoms with Crippen LogP contribution >= 0.6 is 23.6 Å². The molecule has 2 aromatic carbocycles. The van der Waals surface area contributed by atoms with E-state index in [-0.39, 0.29) is 10.7 Å². The molecule has 2 N–H and O–H groups in total. The molecular formula is C24H24N2O6S2. The van der Waals surface area contributed by atoms with E-state index in [9.17, 15) is 9.59 Å². The molecule has 0 atom stereocenters. The molecule has 3 rings (SSSR count). The van der Waals surface area contributed by atoms with Gasteiger partial charge < -0.3 is 29.6 Å². The zero-order valence-corrected chi connectivity index (χ0v) is 20.9. The van der Waals surface area contributed by atoms with Crippen LogP contribution in [0.25, 0.3) is 11.1 Å². The van der Waals surface area contributed by atoms with Gasteiger partial charge in [0, 0.05) is 22.6 Å². The highest BCUT2D eigenvalue weighted by molar-refractivity contribution is 7.80. The summed E-state index contributed by atoms with van der Waals surface area (Å²) in [6.45, 7) is 1.92. The third-order valence-corrected chi connectivity index (χ3v) is 6.17. The van der Waals surface area contributed by atoms with Crippen molar-refractivity contribution in [1.82, 2.24) is 0 Å². The fourth-order valence-corrected chi connectivity index (χ4v) is 4.75. The summed E-state index contributed by atoms with van der Waals surface area (Å²) in [7, 11) is 5.56. The van der Waals surface area contributed by atoms with Crippen LogP contribution in [-0.2, 0) is 9.47 Å². The minimum absolute atomic E-state index is 0.156. The van der Waals surface area contributed by atoms with E-state index in [0.717, 1.165) is 16.0 Å². The Labute approximate surface area is 206 Å². The molecule has 10 heteroatoms. The highest BCUT2D eigenvalue weighted by atomic mass is 32.1. The Hall–Kier alpha value is -3.63. The molecule has 8 nitrogen and oxygen atoms in total. The van der Waals surface area contributed by atoms with Gasteiger partial charge in [-0.15, -0.1) is 11.3 Å². The molecular weight excluding hydrogens is 476 g/mol. The first kappa shape index (κ1) is 25.0. The molecule has 3 aromatic rings. The Kier molecular flexibility index (Phi) is 8.08. The number of hydrogen-bond acceptors (Lipinski definition) is 8. The first-order chi connectivity index (χ1) is 16.3. The summed E-state index contributed by atoms with van der Waals surface area (Å²) in [6.07, 6.45) is 0. The van der Waals surface area contributed by atoms with Crippen LogP contribution in [0.1, 0.15) is 25.6 Å². The number of aryl methyl sites for hydroxylation is 1. The second-order valence-corrected chi connectivity index (χ2v) is 8.55. The number of methoxy groups -OCH3 is 4. The zero-order valence-electron chi connectivity index (χ0n) is 19.3. The number of rotatable bonds is 7. The van der Waals surface area contributed by atoms with Crippen LogP contribution in [0.2, 0.25) is 0 Å². The third-order valence-electron chi connectivity index (χ3n) is 4.94. The number of carbonyl (C=O) groups excluding carboxylic acids is 2. The van der Waals surface area contributed by atoms with Crippen molar-refractivity contribution in [2.24, 2.45) is 0 Å². The van der Waals surface area contributed by atoms with Crippen molar-refractivity contribution in [3.8, 4) is 22.6 Å². The van der Waals surface area contributed by atoms with E-state index in [1.807, 2.05) is 37.3 Å². The van der Waals surface area contributed by atoms with Gasteiger partial charge >= 0.3 is 11.9 Å². The van der Waals surface area contributed by atoms with Crippen LogP contribution in [0.15, 0.2) is 42.5 Å². The van der Waals surface area contributed by atoms with Crippen LogP contribution < -0.4 is 20.1 Å². The van der Waals surface area contributed by atoms with Gasteiger partial charge in [0.05, 0.1) is 39.7 Å². The van der Waals surface area contributed by atoms with Gasteiger partial charge in [0.25, 0.3) is 0 Å². The van der Waals surface area contributed by atoms with E-state index in [4.69, 9.17) is 31.2 Å². The number of hydrogen-bond donors (Lipinski definition) is 2. The number of thiophene rings is 1. The highest BCUT2D eigenvalue weighted by Gasteiger charge is 2.25. The van der Waals surface area contributed by atoms with E-state index in [1.165, 1.54) is 45.8 Å². The van der Waals surface area contributed by atoms with E-state index < -0.39 is 11.9 Å². The summed E-state index contributed by atoms with van der Waals surface area (Å²) in [5.41, 5.74) is 2.57. The van der Waals surface area contributed by atoms with Crippen molar-refractivity contribution in [3.05, 3.63) is 58.5 Å². The van der Waals surface area contributed by atoms with Gasteiger partial charge in [-0.1, -0.05) is 30.3 Å². The lowest BCUT2D eigenvalue weighted by Crippen LogP contribution is -2.22. The van der Waals surface area contributed by atoms with Gasteiger partial charge in [0.15, 0.2) is 16.6 Å². The van der Waals surface area contributed by atoms with Crippen molar-refractivity contribution in [1.29, 1.82) is 0 Å². The molecule has 1 aromatic heterocycles. The van der Waals surface area contributed by atoms with E-state index in [1.54, 1.807) is 6.07 Å². The predicted octanol–water partition coefficient (Wildman–Crippen LogP) is 5.12. The van der Waals surface area contributed by atoms with Gasteiger partial charge in [-0.05, 0) is 24.7 Å². The highest BCUT2D eigenvalue weighted by Crippen LogP contribution is 2.40. The number of esters is 2. The van der Waals surface area contributed by atoms with Crippen LogP contribution in [0.4, 0.5) is 10.7 Å². The van der Waals surface area contributed by atoms with Gasteiger partial charge in [0.2, 0.25) is 0 Å². The lowest BCUT2D eigenvalue weighted by atomic mass is 10.0. The van der Waals surface area contributed by atoms with E-state index >= 15 is 0 Å². The van der Waals surface area contributed by atoms with E-state index in [0.29, 0.717) is 27.8 Å². The number of carbonyl (C=O) groups is 2.